The fraction of sp³-hybridized carbons (Fsp3) is 0.600. The van der Waals surface area contributed by atoms with Crippen molar-refractivity contribution in [2.24, 2.45) is 0 Å². The second kappa shape index (κ2) is 7.52. The van der Waals surface area contributed by atoms with Crippen LogP contribution >= 0.6 is 27.5 Å². The second-order valence-electron chi connectivity index (χ2n) is 5.08. The van der Waals surface area contributed by atoms with Gasteiger partial charge in [0, 0.05) is 29.5 Å². The van der Waals surface area contributed by atoms with E-state index in [9.17, 15) is 0 Å². The Morgan fingerprint density at radius 1 is 1.11 bits per heavy atom. The normalized spacial score (nSPS) is 17.3. The summed E-state index contributed by atoms with van der Waals surface area (Å²) in [7, 11) is 0. The van der Waals surface area contributed by atoms with Gasteiger partial charge in [0.05, 0.1) is 0 Å². The summed E-state index contributed by atoms with van der Waals surface area (Å²) in [6.45, 7) is 2.18. The van der Waals surface area contributed by atoms with Crippen LogP contribution in [0.3, 0.4) is 0 Å². The number of hydrogen-bond acceptors (Lipinski definition) is 1. The van der Waals surface area contributed by atoms with Crippen LogP contribution in [-0.2, 0) is 6.54 Å². The standard InChI is InChI=1S/C15H21BrClN/c16-10-11-18(15-4-2-1-3-5-15)12-13-6-8-14(17)9-7-13/h6-9,15H,1-5,10-12H2. The van der Waals surface area contributed by atoms with E-state index >= 15 is 0 Å². The number of nitrogens with zero attached hydrogens (tertiary/aromatic N) is 1. The highest BCUT2D eigenvalue weighted by atomic mass is 79.9. The lowest BCUT2D eigenvalue weighted by Gasteiger charge is -2.34. The molecule has 1 nitrogen and oxygen atoms in total. The molecule has 1 aliphatic carbocycles. The zero-order chi connectivity index (χ0) is 12.8. The summed E-state index contributed by atoms with van der Waals surface area (Å²) in [6, 6.07) is 9.04. The van der Waals surface area contributed by atoms with Crippen molar-refractivity contribution in [3.63, 3.8) is 0 Å². The minimum atomic E-state index is 0.770. The van der Waals surface area contributed by atoms with Gasteiger partial charge in [-0.25, -0.2) is 0 Å². The minimum absolute atomic E-state index is 0.770. The van der Waals surface area contributed by atoms with E-state index in [1.54, 1.807) is 0 Å². The monoisotopic (exact) mass is 329 g/mol. The van der Waals surface area contributed by atoms with Gasteiger partial charge >= 0.3 is 0 Å². The van der Waals surface area contributed by atoms with Crippen LogP contribution in [0.4, 0.5) is 0 Å². The molecule has 0 radical (unpaired) electrons. The third-order valence-electron chi connectivity index (χ3n) is 3.76. The summed E-state index contributed by atoms with van der Waals surface area (Å²) in [4.78, 5) is 2.62. The van der Waals surface area contributed by atoms with Gasteiger partial charge in [-0.1, -0.05) is 58.9 Å². The molecule has 1 saturated carbocycles. The van der Waals surface area contributed by atoms with Gasteiger partial charge in [0.2, 0.25) is 0 Å². The molecule has 0 N–H and O–H groups in total. The Kier molecular flexibility index (Phi) is 6.00. The molecule has 0 saturated heterocycles. The SMILES string of the molecule is Clc1ccc(CN(CCBr)C2CCCCC2)cc1. The summed E-state index contributed by atoms with van der Waals surface area (Å²) in [6.07, 6.45) is 6.93. The summed E-state index contributed by atoms with van der Waals surface area (Å²) in [5, 5.41) is 1.88. The molecule has 3 heteroatoms. The lowest BCUT2D eigenvalue weighted by atomic mass is 9.94. The smallest absolute Gasteiger partial charge is 0.0406 e. The van der Waals surface area contributed by atoms with E-state index in [-0.39, 0.29) is 0 Å². The van der Waals surface area contributed by atoms with Crippen molar-refractivity contribution in [3.05, 3.63) is 34.9 Å². The molecule has 0 spiro atoms. The molecule has 0 amide bonds. The number of benzene rings is 1. The van der Waals surface area contributed by atoms with Crippen molar-refractivity contribution >= 4 is 27.5 Å². The molecule has 1 fully saturated rings. The summed E-state index contributed by atoms with van der Waals surface area (Å²) in [5.41, 5.74) is 1.37. The number of hydrogen-bond donors (Lipinski definition) is 0. The van der Waals surface area contributed by atoms with Crippen molar-refractivity contribution < 1.29 is 0 Å². The number of alkyl halides is 1. The van der Waals surface area contributed by atoms with Gasteiger partial charge in [-0.2, -0.15) is 0 Å². The lowest BCUT2D eigenvalue weighted by Crippen LogP contribution is -2.37. The Morgan fingerprint density at radius 3 is 2.39 bits per heavy atom. The summed E-state index contributed by atoms with van der Waals surface area (Å²) in [5.74, 6) is 0. The zero-order valence-electron chi connectivity index (χ0n) is 10.7. The molecule has 1 aromatic carbocycles. The van der Waals surface area contributed by atoms with E-state index in [2.05, 4.69) is 33.0 Å². The molecule has 0 unspecified atom stereocenters. The largest absolute Gasteiger partial charge is 0.295 e. The van der Waals surface area contributed by atoms with Gasteiger partial charge in [0.25, 0.3) is 0 Å². The molecule has 1 aromatic rings. The predicted molar refractivity (Wildman–Crippen MR) is 82.5 cm³/mol. The highest BCUT2D eigenvalue weighted by Crippen LogP contribution is 2.24. The molecule has 0 atom stereocenters. The molecular formula is C15H21BrClN. The first kappa shape index (κ1) is 14.4. The molecule has 0 bridgehead atoms. The second-order valence-corrected chi connectivity index (χ2v) is 6.31. The van der Waals surface area contributed by atoms with Gasteiger partial charge in [0.15, 0.2) is 0 Å². The lowest BCUT2D eigenvalue weighted by molar-refractivity contribution is 0.158. The van der Waals surface area contributed by atoms with Crippen LogP contribution in [0.5, 0.6) is 0 Å². The van der Waals surface area contributed by atoms with Crippen molar-refractivity contribution in [3.8, 4) is 0 Å². The summed E-state index contributed by atoms with van der Waals surface area (Å²) < 4.78 is 0. The molecule has 100 valence electrons. The molecule has 0 aliphatic heterocycles. The van der Waals surface area contributed by atoms with E-state index in [4.69, 9.17) is 11.6 Å². The van der Waals surface area contributed by atoms with Crippen LogP contribution in [0.2, 0.25) is 5.02 Å². The van der Waals surface area contributed by atoms with Crippen LogP contribution in [-0.4, -0.2) is 22.8 Å². The van der Waals surface area contributed by atoms with Gasteiger partial charge < -0.3 is 0 Å². The van der Waals surface area contributed by atoms with E-state index in [0.717, 1.165) is 29.5 Å². The zero-order valence-corrected chi connectivity index (χ0v) is 13.1. The summed E-state index contributed by atoms with van der Waals surface area (Å²) >= 11 is 9.52. The van der Waals surface area contributed by atoms with Crippen molar-refractivity contribution in [2.75, 3.05) is 11.9 Å². The predicted octanol–water partition coefficient (Wildman–Crippen LogP) is 4.87. The molecule has 0 heterocycles. The first-order valence-electron chi connectivity index (χ1n) is 6.84. The van der Waals surface area contributed by atoms with E-state index in [1.807, 2.05) is 12.1 Å². The molecule has 0 aromatic heterocycles. The van der Waals surface area contributed by atoms with Gasteiger partial charge in [-0.15, -0.1) is 0 Å². The highest BCUT2D eigenvalue weighted by Gasteiger charge is 2.20. The fourth-order valence-electron chi connectivity index (χ4n) is 2.77. The number of rotatable bonds is 5. The van der Waals surface area contributed by atoms with Crippen molar-refractivity contribution in [2.45, 2.75) is 44.7 Å². The third kappa shape index (κ3) is 4.25. The maximum Gasteiger partial charge on any atom is 0.0406 e. The van der Waals surface area contributed by atoms with Gasteiger partial charge in [0.1, 0.15) is 0 Å². The Morgan fingerprint density at radius 2 is 1.78 bits per heavy atom. The van der Waals surface area contributed by atoms with E-state index < -0.39 is 0 Å². The van der Waals surface area contributed by atoms with Crippen LogP contribution in [0.25, 0.3) is 0 Å². The third-order valence-corrected chi connectivity index (χ3v) is 4.37. The Bertz CT molecular complexity index is 346. The Balaban J connectivity index is 1.98. The maximum atomic E-state index is 5.94. The quantitative estimate of drug-likeness (QED) is 0.696. The molecule has 18 heavy (non-hydrogen) atoms. The van der Waals surface area contributed by atoms with E-state index in [0.29, 0.717) is 0 Å². The highest BCUT2D eigenvalue weighted by molar-refractivity contribution is 9.09. The maximum absolute atomic E-state index is 5.94. The molecular weight excluding hydrogens is 310 g/mol. The Hall–Kier alpha value is -0.0500. The molecule has 2 rings (SSSR count). The molecule has 1 aliphatic rings. The van der Waals surface area contributed by atoms with Crippen LogP contribution < -0.4 is 0 Å². The first-order valence-corrected chi connectivity index (χ1v) is 8.34. The van der Waals surface area contributed by atoms with Crippen molar-refractivity contribution in [1.29, 1.82) is 0 Å². The van der Waals surface area contributed by atoms with Crippen LogP contribution in [0.1, 0.15) is 37.7 Å². The number of halogens is 2. The van der Waals surface area contributed by atoms with Gasteiger partial charge in [-0.3, -0.25) is 4.90 Å². The van der Waals surface area contributed by atoms with Crippen LogP contribution in [0, 0.1) is 0 Å². The van der Waals surface area contributed by atoms with Crippen LogP contribution in [0.15, 0.2) is 24.3 Å². The topological polar surface area (TPSA) is 3.24 Å². The average Bonchev–Trinajstić information content (AvgIpc) is 2.42. The first-order chi connectivity index (χ1) is 8.79. The van der Waals surface area contributed by atoms with Gasteiger partial charge in [-0.05, 0) is 30.5 Å². The van der Waals surface area contributed by atoms with E-state index in [1.165, 1.54) is 37.7 Å². The fourth-order valence-corrected chi connectivity index (χ4v) is 3.35. The minimum Gasteiger partial charge on any atom is -0.295 e. The van der Waals surface area contributed by atoms with Crippen molar-refractivity contribution in [1.82, 2.24) is 4.90 Å². The average molecular weight is 331 g/mol. The Labute approximate surface area is 124 Å².